The lowest BCUT2D eigenvalue weighted by Crippen LogP contribution is -2.47. The van der Waals surface area contributed by atoms with Crippen molar-refractivity contribution in [3.63, 3.8) is 0 Å². The standard InChI is InChI=1S/C21H23NO2/c1-24-18-7-8-19-17(13-18)9-11-21(19)12-10-20(23)22(15-21)14-16-5-3-2-4-6-16/h2-8,13H,9-12,14-15H2,1H3. The van der Waals surface area contributed by atoms with Crippen LogP contribution in [0.4, 0.5) is 0 Å². The number of nitrogens with zero attached hydrogens (tertiary/aromatic N) is 1. The molecule has 1 amide bonds. The molecule has 1 spiro atoms. The van der Waals surface area contributed by atoms with E-state index in [0.29, 0.717) is 13.0 Å². The fourth-order valence-corrected chi connectivity index (χ4v) is 4.34. The zero-order valence-corrected chi connectivity index (χ0v) is 14.1. The molecule has 0 radical (unpaired) electrons. The van der Waals surface area contributed by atoms with Gasteiger partial charge in [0.1, 0.15) is 5.75 Å². The van der Waals surface area contributed by atoms with E-state index >= 15 is 0 Å². The maximum atomic E-state index is 12.5. The predicted molar refractivity (Wildman–Crippen MR) is 94.1 cm³/mol. The van der Waals surface area contributed by atoms with Gasteiger partial charge >= 0.3 is 0 Å². The highest BCUT2D eigenvalue weighted by atomic mass is 16.5. The summed E-state index contributed by atoms with van der Waals surface area (Å²) in [7, 11) is 1.72. The molecule has 3 nitrogen and oxygen atoms in total. The lowest BCUT2D eigenvalue weighted by molar-refractivity contribution is -0.136. The zero-order valence-electron chi connectivity index (χ0n) is 14.1. The minimum atomic E-state index is 0.129. The lowest BCUT2D eigenvalue weighted by Gasteiger charge is -2.41. The first-order valence-corrected chi connectivity index (χ1v) is 8.69. The summed E-state index contributed by atoms with van der Waals surface area (Å²) in [4.78, 5) is 14.5. The molecular formula is C21H23NO2. The Hall–Kier alpha value is -2.29. The summed E-state index contributed by atoms with van der Waals surface area (Å²) in [5.74, 6) is 1.21. The van der Waals surface area contributed by atoms with Gasteiger partial charge in [-0.05, 0) is 48.1 Å². The van der Waals surface area contributed by atoms with Crippen LogP contribution in [-0.2, 0) is 23.2 Å². The Morgan fingerprint density at radius 2 is 1.88 bits per heavy atom. The first-order chi connectivity index (χ1) is 11.7. The Kier molecular flexibility index (Phi) is 3.79. The smallest absolute Gasteiger partial charge is 0.222 e. The van der Waals surface area contributed by atoms with Gasteiger partial charge in [0.05, 0.1) is 7.11 Å². The topological polar surface area (TPSA) is 29.5 Å². The molecule has 2 aromatic rings. The van der Waals surface area contributed by atoms with E-state index in [2.05, 4.69) is 35.2 Å². The number of fused-ring (bicyclic) bond motifs is 2. The van der Waals surface area contributed by atoms with Gasteiger partial charge in [0.25, 0.3) is 0 Å². The second kappa shape index (κ2) is 5.97. The Labute approximate surface area is 143 Å². The van der Waals surface area contributed by atoms with Gasteiger partial charge in [0.2, 0.25) is 5.91 Å². The number of benzene rings is 2. The van der Waals surface area contributed by atoms with Gasteiger partial charge in [-0.2, -0.15) is 0 Å². The van der Waals surface area contributed by atoms with E-state index in [1.54, 1.807) is 7.11 Å². The van der Waals surface area contributed by atoms with Gasteiger partial charge in [0, 0.05) is 24.9 Å². The molecule has 0 bridgehead atoms. The average Bonchev–Trinajstić information content (AvgIpc) is 2.97. The Morgan fingerprint density at radius 3 is 2.67 bits per heavy atom. The second-order valence-electron chi connectivity index (χ2n) is 7.04. The molecule has 124 valence electrons. The van der Waals surface area contributed by atoms with Crippen molar-refractivity contribution in [2.24, 2.45) is 0 Å². The van der Waals surface area contributed by atoms with E-state index in [1.807, 2.05) is 18.2 Å². The highest BCUT2D eigenvalue weighted by molar-refractivity contribution is 5.78. The Bertz CT molecular complexity index is 756. The molecular weight excluding hydrogens is 298 g/mol. The number of hydrogen-bond donors (Lipinski definition) is 0. The Morgan fingerprint density at radius 1 is 1.08 bits per heavy atom. The van der Waals surface area contributed by atoms with Crippen LogP contribution in [0.15, 0.2) is 48.5 Å². The predicted octanol–water partition coefficient (Wildman–Crippen LogP) is 3.70. The maximum absolute atomic E-state index is 12.5. The zero-order chi connectivity index (χ0) is 16.6. The molecule has 1 atom stereocenters. The van der Waals surface area contributed by atoms with Crippen LogP contribution >= 0.6 is 0 Å². The van der Waals surface area contributed by atoms with Crippen molar-refractivity contribution in [2.75, 3.05) is 13.7 Å². The van der Waals surface area contributed by atoms with E-state index in [0.717, 1.165) is 31.6 Å². The largest absolute Gasteiger partial charge is 0.497 e. The number of methoxy groups -OCH3 is 1. The van der Waals surface area contributed by atoms with Crippen molar-refractivity contribution in [1.29, 1.82) is 0 Å². The van der Waals surface area contributed by atoms with Crippen LogP contribution in [0.2, 0.25) is 0 Å². The molecule has 1 heterocycles. The summed E-state index contributed by atoms with van der Waals surface area (Å²) in [5, 5.41) is 0. The molecule has 1 aliphatic carbocycles. The normalized spacial score (nSPS) is 22.7. The number of likely N-dealkylation sites (tertiary alicyclic amines) is 1. The van der Waals surface area contributed by atoms with Crippen LogP contribution in [0.5, 0.6) is 5.75 Å². The summed E-state index contributed by atoms with van der Waals surface area (Å²) in [6.45, 7) is 1.55. The SMILES string of the molecule is COc1ccc2c(c1)CCC21CCC(=O)N(Cc2ccccc2)C1. The average molecular weight is 321 g/mol. The minimum Gasteiger partial charge on any atom is -0.497 e. The van der Waals surface area contributed by atoms with Gasteiger partial charge in [-0.1, -0.05) is 36.4 Å². The van der Waals surface area contributed by atoms with Crippen LogP contribution in [-0.4, -0.2) is 24.5 Å². The van der Waals surface area contributed by atoms with Crippen molar-refractivity contribution >= 4 is 5.91 Å². The van der Waals surface area contributed by atoms with Crippen LogP contribution in [0.3, 0.4) is 0 Å². The molecule has 24 heavy (non-hydrogen) atoms. The minimum absolute atomic E-state index is 0.129. The number of rotatable bonds is 3. The number of piperidine rings is 1. The number of ether oxygens (including phenoxy) is 1. The maximum Gasteiger partial charge on any atom is 0.222 e. The van der Waals surface area contributed by atoms with Gasteiger partial charge in [-0.25, -0.2) is 0 Å². The highest BCUT2D eigenvalue weighted by Gasteiger charge is 2.44. The number of carbonyl (C=O) groups is 1. The van der Waals surface area contributed by atoms with E-state index in [4.69, 9.17) is 4.74 Å². The summed E-state index contributed by atoms with van der Waals surface area (Å²) in [5.41, 5.74) is 4.15. The highest BCUT2D eigenvalue weighted by Crippen LogP contribution is 2.46. The quantitative estimate of drug-likeness (QED) is 0.862. The second-order valence-corrected chi connectivity index (χ2v) is 7.04. The molecule has 0 N–H and O–H groups in total. The van der Waals surface area contributed by atoms with Crippen molar-refractivity contribution in [3.05, 3.63) is 65.2 Å². The van der Waals surface area contributed by atoms with Crippen LogP contribution in [0, 0.1) is 0 Å². The number of aryl methyl sites for hydroxylation is 1. The fraction of sp³-hybridized carbons (Fsp3) is 0.381. The Balaban J connectivity index is 1.61. The van der Waals surface area contributed by atoms with Crippen molar-refractivity contribution in [3.8, 4) is 5.75 Å². The van der Waals surface area contributed by atoms with Gasteiger partial charge in [0.15, 0.2) is 0 Å². The molecule has 3 heteroatoms. The fourth-order valence-electron chi connectivity index (χ4n) is 4.34. The summed E-state index contributed by atoms with van der Waals surface area (Å²) in [6.07, 6.45) is 3.84. The third-order valence-corrected chi connectivity index (χ3v) is 5.64. The molecule has 1 fully saturated rings. The third kappa shape index (κ3) is 2.58. The monoisotopic (exact) mass is 321 g/mol. The first-order valence-electron chi connectivity index (χ1n) is 8.69. The first kappa shape index (κ1) is 15.3. The van der Waals surface area contributed by atoms with Crippen molar-refractivity contribution in [1.82, 2.24) is 4.90 Å². The third-order valence-electron chi connectivity index (χ3n) is 5.64. The van der Waals surface area contributed by atoms with Crippen molar-refractivity contribution in [2.45, 2.75) is 37.6 Å². The van der Waals surface area contributed by atoms with Gasteiger partial charge in [-0.3, -0.25) is 4.79 Å². The van der Waals surface area contributed by atoms with Crippen LogP contribution < -0.4 is 4.74 Å². The number of carbonyl (C=O) groups excluding carboxylic acids is 1. The van der Waals surface area contributed by atoms with E-state index in [9.17, 15) is 4.79 Å². The molecule has 2 aliphatic rings. The summed E-state index contributed by atoms with van der Waals surface area (Å²) < 4.78 is 5.37. The van der Waals surface area contributed by atoms with Gasteiger partial charge < -0.3 is 9.64 Å². The van der Waals surface area contributed by atoms with Gasteiger partial charge in [-0.15, -0.1) is 0 Å². The molecule has 0 saturated carbocycles. The van der Waals surface area contributed by atoms with E-state index in [1.165, 1.54) is 16.7 Å². The summed E-state index contributed by atoms with van der Waals surface area (Å²) >= 11 is 0. The van der Waals surface area contributed by atoms with E-state index in [-0.39, 0.29) is 11.3 Å². The molecule has 4 rings (SSSR count). The molecule has 1 unspecified atom stereocenters. The molecule has 1 saturated heterocycles. The number of amides is 1. The number of hydrogen-bond acceptors (Lipinski definition) is 2. The van der Waals surface area contributed by atoms with Crippen molar-refractivity contribution < 1.29 is 9.53 Å². The van der Waals surface area contributed by atoms with Crippen LogP contribution in [0.1, 0.15) is 36.0 Å². The summed E-state index contributed by atoms with van der Waals surface area (Å²) in [6, 6.07) is 16.7. The van der Waals surface area contributed by atoms with E-state index < -0.39 is 0 Å². The molecule has 2 aromatic carbocycles. The molecule has 0 aromatic heterocycles. The lowest BCUT2D eigenvalue weighted by atomic mass is 9.75. The van der Waals surface area contributed by atoms with Crippen LogP contribution in [0.25, 0.3) is 0 Å². The molecule has 1 aliphatic heterocycles.